The zero-order valence-corrected chi connectivity index (χ0v) is 22.2. The molecule has 0 N–H and O–H groups in total. The van der Waals surface area contributed by atoms with Crippen molar-refractivity contribution in [2.75, 3.05) is 25.0 Å². The molecule has 0 amide bonds. The molecule has 0 saturated heterocycles. The molecule has 9 heteroatoms. The van der Waals surface area contributed by atoms with E-state index in [1.54, 1.807) is 39.3 Å². The lowest BCUT2D eigenvalue weighted by molar-refractivity contribution is 0.463. The van der Waals surface area contributed by atoms with Gasteiger partial charge in [-0.15, -0.1) is 0 Å². The molecule has 0 bridgehead atoms. The van der Waals surface area contributed by atoms with Gasteiger partial charge >= 0.3 is 5.69 Å². The molecular weight excluding hydrogens is 496 g/mol. The van der Waals surface area contributed by atoms with Crippen molar-refractivity contribution < 1.29 is 8.42 Å². The van der Waals surface area contributed by atoms with Gasteiger partial charge in [-0.2, -0.15) is 0 Å². The Kier molecular flexibility index (Phi) is 6.44. The van der Waals surface area contributed by atoms with E-state index in [-0.39, 0.29) is 10.6 Å². The fourth-order valence-electron chi connectivity index (χ4n) is 5.02. The molecule has 0 atom stereocenters. The Morgan fingerprint density at radius 2 is 1.58 bits per heavy atom. The number of hydrogen-bond acceptors (Lipinski definition) is 4. The third-order valence-electron chi connectivity index (χ3n) is 7.09. The fraction of sp³-hybridized carbons (Fsp3) is 0.296. The van der Waals surface area contributed by atoms with Crippen LogP contribution in [0.2, 0.25) is 5.02 Å². The molecule has 5 rings (SSSR count). The second-order valence-electron chi connectivity index (χ2n) is 9.28. The van der Waals surface area contributed by atoms with E-state index >= 15 is 0 Å². The van der Waals surface area contributed by atoms with Crippen LogP contribution in [0.15, 0.2) is 70.4 Å². The van der Waals surface area contributed by atoms with Crippen LogP contribution in [0.5, 0.6) is 0 Å². The van der Waals surface area contributed by atoms with Crippen LogP contribution in [0.4, 0.5) is 11.4 Å². The van der Waals surface area contributed by atoms with Gasteiger partial charge in [-0.1, -0.05) is 35.9 Å². The van der Waals surface area contributed by atoms with Crippen molar-refractivity contribution in [2.45, 2.75) is 24.2 Å². The summed E-state index contributed by atoms with van der Waals surface area (Å²) in [6.07, 6.45) is 2.50. The summed E-state index contributed by atoms with van der Waals surface area (Å²) >= 11 is 6.36. The van der Waals surface area contributed by atoms with E-state index < -0.39 is 10.0 Å². The predicted molar refractivity (Wildman–Crippen MR) is 145 cm³/mol. The maximum Gasteiger partial charge on any atom is 0.328 e. The molecule has 3 aromatic carbocycles. The van der Waals surface area contributed by atoms with E-state index in [9.17, 15) is 13.2 Å². The Balaban J connectivity index is 1.38. The number of anilines is 2. The topological polar surface area (TPSA) is 67.6 Å². The van der Waals surface area contributed by atoms with Gasteiger partial charge in [-0.25, -0.2) is 17.5 Å². The lowest BCUT2D eigenvalue weighted by atomic mass is 10.0. The van der Waals surface area contributed by atoms with Crippen molar-refractivity contribution in [3.8, 4) is 0 Å². The van der Waals surface area contributed by atoms with Gasteiger partial charge in [0.05, 0.1) is 15.9 Å². The lowest BCUT2D eigenvalue weighted by Crippen LogP contribution is -2.30. The van der Waals surface area contributed by atoms with Crippen LogP contribution in [0.3, 0.4) is 0 Å². The first kappa shape index (κ1) is 24.6. The van der Waals surface area contributed by atoms with Gasteiger partial charge in [0.2, 0.25) is 10.0 Å². The van der Waals surface area contributed by atoms with E-state index in [4.69, 9.17) is 11.6 Å². The standard InChI is InChI=1S/C27H29ClN4O3S/c1-29(36(34,35)22-13-14-24-26(18-22)31(3)27(33)30(24)2)15-6-16-32-23-8-5-4-7-19(23)9-10-20-11-12-21(28)17-25(20)32/h4-5,7-8,11-14,17-18H,6,9-10,15-16H2,1-3H3. The zero-order valence-electron chi connectivity index (χ0n) is 20.6. The molecule has 1 aliphatic rings. The van der Waals surface area contributed by atoms with Crippen LogP contribution in [0.1, 0.15) is 17.5 Å². The van der Waals surface area contributed by atoms with E-state index in [2.05, 4.69) is 29.2 Å². The minimum absolute atomic E-state index is 0.177. The molecule has 1 aromatic heterocycles. The lowest BCUT2D eigenvalue weighted by Gasteiger charge is -2.28. The Labute approximate surface area is 216 Å². The summed E-state index contributed by atoms with van der Waals surface area (Å²) in [6.45, 7) is 0.999. The molecule has 0 radical (unpaired) electrons. The number of fused-ring (bicyclic) bond motifs is 3. The number of aromatic nitrogens is 2. The third-order valence-corrected chi connectivity index (χ3v) is 9.18. The normalized spacial score (nSPS) is 13.6. The average Bonchev–Trinajstić information content (AvgIpc) is 3.00. The number of halogens is 1. The average molecular weight is 525 g/mol. The van der Waals surface area contributed by atoms with Crippen molar-refractivity contribution >= 4 is 44.0 Å². The molecule has 7 nitrogen and oxygen atoms in total. The second kappa shape index (κ2) is 9.42. The number of benzene rings is 3. The number of rotatable bonds is 6. The molecule has 0 fully saturated rings. The highest BCUT2D eigenvalue weighted by molar-refractivity contribution is 7.89. The molecule has 36 heavy (non-hydrogen) atoms. The fourth-order valence-corrected chi connectivity index (χ4v) is 6.42. The van der Waals surface area contributed by atoms with Gasteiger partial charge in [0.15, 0.2) is 0 Å². The highest BCUT2D eigenvalue weighted by Gasteiger charge is 2.24. The van der Waals surface area contributed by atoms with Crippen molar-refractivity contribution in [1.29, 1.82) is 0 Å². The van der Waals surface area contributed by atoms with Crippen LogP contribution in [0, 0.1) is 0 Å². The highest BCUT2D eigenvalue weighted by Crippen LogP contribution is 2.37. The maximum atomic E-state index is 13.4. The monoisotopic (exact) mass is 524 g/mol. The Hall–Kier alpha value is -3.07. The van der Waals surface area contributed by atoms with E-state index in [0.29, 0.717) is 35.6 Å². The summed E-state index contributed by atoms with van der Waals surface area (Å²) in [6, 6.07) is 19.2. The molecule has 0 unspecified atom stereocenters. The van der Waals surface area contributed by atoms with Crippen LogP contribution in [-0.2, 0) is 37.0 Å². The minimum Gasteiger partial charge on any atom is -0.341 e. The zero-order chi connectivity index (χ0) is 25.6. The maximum absolute atomic E-state index is 13.4. The summed E-state index contributed by atoms with van der Waals surface area (Å²) in [4.78, 5) is 14.7. The van der Waals surface area contributed by atoms with Gasteiger partial charge < -0.3 is 4.90 Å². The Bertz CT molecular complexity index is 1620. The first-order chi connectivity index (χ1) is 17.2. The molecule has 1 aliphatic heterocycles. The van der Waals surface area contributed by atoms with Crippen molar-refractivity contribution in [3.05, 3.63) is 87.3 Å². The smallest absolute Gasteiger partial charge is 0.328 e. The van der Waals surface area contributed by atoms with Crippen molar-refractivity contribution in [3.63, 3.8) is 0 Å². The second-order valence-corrected chi connectivity index (χ2v) is 11.8. The molecule has 0 aliphatic carbocycles. The number of hydrogen-bond donors (Lipinski definition) is 0. The van der Waals surface area contributed by atoms with Crippen LogP contribution >= 0.6 is 11.6 Å². The molecule has 0 saturated carbocycles. The van der Waals surface area contributed by atoms with Crippen molar-refractivity contribution in [1.82, 2.24) is 13.4 Å². The number of nitrogens with zero attached hydrogens (tertiary/aromatic N) is 4. The first-order valence-electron chi connectivity index (χ1n) is 11.9. The quantitative estimate of drug-likeness (QED) is 0.373. The van der Waals surface area contributed by atoms with Gasteiger partial charge in [-0.3, -0.25) is 9.13 Å². The highest BCUT2D eigenvalue weighted by atomic mass is 35.5. The van der Waals surface area contributed by atoms with Crippen LogP contribution in [0.25, 0.3) is 11.0 Å². The van der Waals surface area contributed by atoms with Gasteiger partial charge in [0, 0.05) is 50.6 Å². The Morgan fingerprint density at radius 1 is 0.889 bits per heavy atom. The number of imidazole rings is 1. The minimum atomic E-state index is -3.72. The van der Waals surface area contributed by atoms with Gasteiger partial charge in [-0.05, 0) is 66.8 Å². The number of aryl methyl sites for hydroxylation is 4. The molecule has 188 valence electrons. The first-order valence-corrected chi connectivity index (χ1v) is 13.8. The van der Waals surface area contributed by atoms with E-state index in [1.807, 2.05) is 18.2 Å². The number of sulfonamides is 1. The summed E-state index contributed by atoms with van der Waals surface area (Å²) in [5.74, 6) is 0. The van der Waals surface area contributed by atoms with Crippen LogP contribution in [-0.4, -0.2) is 42.0 Å². The van der Waals surface area contributed by atoms with Crippen molar-refractivity contribution in [2.24, 2.45) is 14.1 Å². The molecule has 2 heterocycles. The Morgan fingerprint density at radius 3 is 2.36 bits per heavy atom. The predicted octanol–water partition coefficient (Wildman–Crippen LogP) is 4.48. The molecular formula is C27H29ClN4O3S. The van der Waals surface area contributed by atoms with E-state index in [0.717, 1.165) is 24.2 Å². The summed E-state index contributed by atoms with van der Waals surface area (Å²) < 4.78 is 31.1. The SMILES string of the molecule is CN(CCCN1c2ccccc2CCc2ccc(Cl)cc21)S(=O)(=O)c1ccc2c(c1)n(C)c(=O)n2C. The summed E-state index contributed by atoms with van der Waals surface area (Å²) in [5, 5.41) is 0.684. The van der Waals surface area contributed by atoms with Gasteiger partial charge in [0.1, 0.15) is 0 Å². The largest absolute Gasteiger partial charge is 0.341 e. The molecule has 0 spiro atoms. The number of para-hydroxylation sites is 1. The third kappa shape index (κ3) is 4.23. The van der Waals surface area contributed by atoms with E-state index in [1.165, 1.54) is 24.6 Å². The molecule has 4 aromatic rings. The van der Waals surface area contributed by atoms with Gasteiger partial charge in [0.25, 0.3) is 0 Å². The summed E-state index contributed by atoms with van der Waals surface area (Å²) in [7, 11) is 1.21. The van der Waals surface area contributed by atoms with Crippen LogP contribution < -0.4 is 10.6 Å². The summed E-state index contributed by atoms with van der Waals surface area (Å²) in [5.41, 5.74) is 5.82.